The van der Waals surface area contributed by atoms with Crippen molar-refractivity contribution in [2.45, 2.75) is 6.61 Å². The normalized spacial score (nSPS) is 10.8. The number of nitrogens with zero attached hydrogens (tertiary/aromatic N) is 1. The van der Waals surface area contributed by atoms with Crippen LogP contribution in [0.25, 0.3) is 10.9 Å². The van der Waals surface area contributed by atoms with Crippen LogP contribution in [0.1, 0.15) is 5.56 Å². The Morgan fingerprint density at radius 1 is 1.10 bits per heavy atom. The molecule has 0 saturated heterocycles. The number of anilines is 1. The van der Waals surface area contributed by atoms with E-state index >= 15 is 0 Å². The van der Waals surface area contributed by atoms with Crippen LogP contribution in [0.5, 0.6) is 5.75 Å². The molecule has 0 aliphatic rings. The average Bonchev–Trinajstić information content (AvgIpc) is 2.48. The summed E-state index contributed by atoms with van der Waals surface area (Å²) in [5.41, 5.74) is 8.48. The van der Waals surface area contributed by atoms with E-state index in [1.807, 2.05) is 42.5 Å². The van der Waals surface area contributed by atoms with Gasteiger partial charge in [-0.3, -0.25) is 4.98 Å². The molecule has 3 aromatic rings. The van der Waals surface area contributed by atoms with Crippen LogP contribution < -0.4 is 10.5 Å². The Morgan fingerprint density at radius 3 is 2.71 bits per heavy atom. The Kier molecular flexibility index (Phi) is 4.12. The molecule has 5 heteroatoms. The van der Waals surface area contributed by atoms with E-state index in [0.29, 0.717) is 18.0 Å². The molecule has 2 aromatic carbocycles. The number of nitrogen functional groups attached to an aromatic ring is 1. The highest BCUT2D eigenvalue weighted by molar-refractivity contribution is 9.10. The largest absolute Gasteiger partial charge is 0.486 e. The predicted octanol–water partition coefficient (Wildman–Crippen LogP) is 4.92. The van der Waals surface area contributed by atoms with Gasteiger partial charge in [-0.1, -0.05) is 50.1 Å². The summed E-state index contributed by atoms with van der Waals surface area (Å²) in [4.78, 5) is 4.32. The Labute approximate surface area is 139 Å². The summed E-state index contributed by atoms with van der Waals surface area (Å²) in [6.45, 7) is 0.442. The number of ether oxygens (including phenoxy) is 1. The molecule has 0 amide bonds. The van der Waals surface area contributed by atoms with Crippen molar-refractivity contribution >= 4 is 48.5 Å². The van der Waals surface area contributed by atoms with Crippen LogP contribution in [0.4, 0.5) is 5.69 Å². The molecule has 0 aliphatic heterocycles. The molecule has 2 N–H and O–H groups in total. The second-order valence-electron chi connectivity index (χ2n) is 4.58. The molecule has 0 aliphatic carbocycles. The van der Waals surface area contributed by atoms with Crippen LogP contribution in [0.3, 0.4) is 0 Å². The number of fused-ring (bicyclic) bond motifs is 1. The minimum absolute atomic E-state index is 0.442. The van der Waals surface area contributed by atoms with Gasteiger partial charge < -0.3 is 10.5 Å². The number of rotatable bonds is 3. The number of benzene rings is 2. The maximum absolute atomic E-state index is 6.02. The topological polar surface area (TPSA) is 48.1 Å². The molecular weight excluding hydrogens is 396 g/mol. The number of nitrogens with two attached hydrogens (primary N) is 1. The van der Waals surface area contributed by atoms with Gasteiger partial charge in [0.1, 0.15) is 6.61 Å². The molecule has 0 atom stereocenters. The van der Waals surface area contributed by atoms with E-state index in [-0.39, 0.29) is 0 Å². The zero-order valence-corrected chi connectivity index (χ0v) is 14.2. The van der Waals surface area contributed by atoms with Gasteiger partial charge in [-0.15, -0.1) is 0 Å². The molecule has 0 bridgehead atoms. The molecule has 106 valence electrons. The van der Waals surface area contributed by atoms with E-state index < -0.39 is 0 Å². The monoisotopic (exact) mass is 406 g/mol. The van der Waals surface area contributed by atoms with Crippen LogP contribution in [-0.4, -0.2) is 4.98 Å². The third kappa shape index (κ3) is 3.04. The minimum atomic E-state index is 0.442. The summed E-state index contributed by atoms with van der Waals surface area (Å²) in [6, 6.07) is 13.8. The summed E-state index contributed by atoms with van der Waals surface area (Å²) in [5.74, 6) is 0.664. The van der Waals surface area contributed by atoms with Crippen molar-refractivity contribution in [3.63, 3.8) is 0 Å². The Bertz CT molecular complexity index is 800. The van der Waals surface area contributed by atoms with Crippen LogP contribution in [0, 0.1) is 0 Å². The highest BCUT2D eigenvalue weighted by Gasteiger charge is 2.10. The molecule has 21 heavy (non-hydrogen) atoms. The molecule has 1 heterocycles. The average molecular weight is 408 g/mol. The van der Waals surface area contributed by atoms with Crippen molar-refractivity contribution in [1.29, 1.82) is 0 Å². The molecular formula is C16H12Br2N2O. The van der Waals surface area contributed by atoms with E-state index in [1.165, 1.54) is 0 Å². The van der Waals surface area contributed by atoms with Gasteiger partial charge >= 0.3 is 0 Å². The summed E-state index contributed by atoms with van der Waals surface area (Å²) in [5, 5.41) is 0.899. The van der Waals surface area contributed by atoms with Crippen molar-refractivity contribution in [2.24, 2.45) is 0 Å². The lowest BCUT2D eigenvalue weighted by Crippen LogP contribution is -2.01. The lowest BCUT2D eigenvalue weighted by atomic mass is 10.2. The number of hydrogen-bond donors (Lipinski definition) is 1. The fourth-order valence-electron chi connectivity index (χ4n) is 2.08. The SMILES string of the molecule is Nc1cnc2ccc(Br)cc2c1OCc1ccccc1Br. The lowest BCUT2D eigenvalue weighted by Gasteiger charge is -2.12. The van der Waals surface area contributed by atoms with Gasteiger partial charge in [0.2, 0.25) is 0 Å². The zero-order chi connectivity index (χ0) is 14.8. The summed E-state index contributed by atoms with van der Waals surface area (Å²) in [7, 11) is 0. The molecule has 0 saturated carbocycles. The van der Waals surface area contributed by atoms with Crippen LogP contribution in [0.2, 0.25) is 0 Å². The second-order valence-corrected chi connectivity index (χ2v) is 6.35. The number of aromatic nitrogens is 1. The first kappa shape index (κ1) is 14.4. The molecule has 0 fully saturated rings. The molecule has 0 unspecified atom stereocenters. The predicted molar refractivity (Wildman–Crippen MR) is 92.3 cm³/mol. The maximum atomic E-state index is 6.02. The van der Waals surface area contributed by atoms with Crippen LogP contribution in [-0.2, 0) is 6.61 Å². The number of pyridine rings is 1. The first-order valence-electron chi connectivity index (χ1n) is 6.35. The van der Waals surface area contributed by atoms with Crippen molar-refractivity contribution < 1.29 is 4.74 Å². The summed E-state index contributed by atoms with van der Waals surface area (Å²) >= 11 is 6.99. The van der Waals surface area contributed by atoms with Crippen molar-refractivity contribution in [1.82, 2.24) is 4.98 Å². The van der Waals surface area contributed by atoms with Gasteiger partial charge in [0.25, 0.3) is 0 Å². The Balaban J connectivity index is 1.98. The summed E-state index contributed by atoms with van der Waals surface area (Å²) < 4.78 is 7.94. The summed E-state index contributed by atoms with van der Waals surface area (Å²) in [6.07, 6.45) is 1.63. The molecule has 0 spiro atoms. The quantitative estimate of drug-likeness (QED) is 0.670. The van der Waals surface area contributed by atoms with Crippen molar-refractivity contribution in [2.75, 3.05) is 5.73 Å². The van der Waals surface area contributed by atoms with E-state index in [2.05, 4.69) is 36.8 Å². The van der Waals surface area contributed by atoms with E-state index in [9.17, 15) is 0 Å². The molecule has 1 aromatic heterocycles. The third-order valence-electron chi connectivity index (χ3n) is 3.14. The van der Waals surface area contributed by atoms with Gasteiger partial charge in [0.15, 0.2) is 5.75 Å². The van der Waals surface area contributed by atoms with Crippen molar-refractivity contribution in [3.8, 4) is 5.75 Å². The number of halogens is 2. The Hall–Kier alpha value is -1.59. The van der Waals surface area contributed by atoms with Crippen LogP contribution >= 0.6 is 31.9 Å². The molecule has 0 radical (unpaired) electrons. The highest BCUT2D eigenvalue weighted by atomic mass is 79.9. The number of hydrogen-bond acceptors (Lipinski definition) is 3. The van der Waals surface area contributed by atoms with E-state index in [1.54, 1.807) is 6.20 Å². The Morgan fingerprint density at radius 2 is 1.90 bits per heavy atom. The fourth-order valence-corrected chi connectivity index (χ4v) is 2.84. The lowest BCUT2D eigenvalue weighted by molar-refractivity contribution is 0.311. The first-order valence-corrected chi connectivity index (χ1v) is 7.93. The van der Waals surface area contributed by atoms with Crippen molar-refractivity contribution in [3.05, 3.63) is 63.2 Å². The standard InChI is InChI=1S/C16H12Br2N2O/c17-11-5-6-15-12(7-11)16(14(19)8-20-15)21-9-10-3-1-2-4-13(10)18/h1-8H,9,19H2. The van der Waals surface area contributed by atoms with Gasteiger partial charge in [-0.05, 0) is 24.3 Å². The van der Waals surface area contributed by atoms with Gasteiger partial charge in [-0.2, -0.15) is 0 Å². The van der Waals surface area contributed by atoms with Gasteiger partial charge in [0.05, 0.1) is 17.4 Å². The highest BCUT2D eigenvalue weighted by Crippen LogP contribution is 2.33. The van der Waals surface area contributed by atoms with Gasteiger partial charge in [-0.25, -0.2) is 0 Å². The molecule has 3 rings (SSSR count). The minimum Gasteiger partial charge on any atom is -0.486 e. The first-order chi connectivity index (χ1) is 10.1. The van der Waals surface area contributed by atoms with Crippen LogP contribution in [0.15, 0.2) is 57.6 Å². The smallest absolute Gasteiger partial charge is 0.153 e. The molecule has 3 nitrogen and oxygen atoms in total. The maximum Gasteiger partial charge on any atom is 0.153 e. The van der Waals surface area contributed by atoms with E-state index in [0.717, 1.165) is 25.4 Å². The van der Waals surface area contributed by atoms with E-state index in [4.69, 9.17) is 10.5 Å². The zero-order valence-electron chi connectivity index (χ0n) is 11.0. The second kappa shape index (κ2) is 6.03. The fraction of sp³-hybridized carbons (Fsp3) is 0.0625. The third-order valence-corrected chi connectivity index (χ3v) is 4.40. The van der Waals surface area contributed by atoms with Gasteiger partial charge in [0, 0.05) is 19.9 Å².